The number of nitrogens with one attached hydrogen (secondary N) is 1. The maximum Gasteiger partial charge on any atom is 0.305 e. The summed E-state index contributed by atoms with van der Waals surface area (Å²) in [7, 11) is 0. The number of nitrogens with zero attached hydrogens (tertiary/aromatic N) is 1. The third kappa shape index (κ3) is 81.4. The van der Waals surface area contributed by atoms with Crippen LogP contribution in [-0.4, -0.2) is 127 Å². The van der Waals surface area contributed by atoms with Crippen LogP contribution in [0.15, 0.2) is 0 Å². The molecule has 0 rings (SSSR count). The lowest BCUT2D eigenvalue weighted by atomic mass is 9.95. The molecule has 666 valence electrons. The van der Waals surface area contributed by atoms with Crippen LogP contribution >= 0.6 is 0 Å². The van der Waals surface area contributed by atoms with Gasteiger partial charge in [-0.05, 0) is 159 Å². The van der Waals surface area contributed by atoms with E-state index in [-0.39, 0.29) is 23.9 Å². The van der Waals surface area contributed by atoms with E-state index in [1.165, 1.54) is 308 Å². The fourth-order valence-electron chi connectivity index (χ4n) is 16.0. The van der Waals surface area contributed by atoms with E-state index in [0.29, 0.717) is 121 Å². The van der Waals surface area contributed by atoms with E-state index in [4.69, 9.17) is 33.2 Å². The summed E-state index contributed by atoms with van der Waals surface area (Å²) in [6.07, 6.45) is 78.7. The van der Waals surface area contributed by atoms with Gasteiger partial charge < -0.3 is 43.4 Å². The zero-order valence-corrected chi connectivity index (χ0v) is 76.3. The maximum atomic E-state index is 13.0. The molecule has 4 atom stereocenters. The number of ether oxygens (including phenoxy) is 7. The number of rotatable bonds is 95. The van der Waals surface area contributed by atoms with Crippen molar-refractivity contribution >= 4 is 23.9 Å². The largest absolute Gasteiger partial charge is 0.465 e. The van der Waals surface area contributed by atoms with Crippen LogP contribution in [0.2, 0.25) is 0 Å². The van der Waals surface area contributed by atoms with Crippen LogP contribution in [-0.2, 0) is 52.3 Å². The lowest BCUT2D eigenvalue weighted by Crippen LogP contribution is -2.30. The topological polar surface area (TPSA) is 148 Å². The third-order valence-corrected chi connectivity index (χ3v) is 23.6. The highest BCUT2D eigenvalue weighted by atomic mass is 16.6. The summed E-state index contributed by atoms with van der Waals surface area (Å²) in [5.74, 6) is 1.86. The highest BCUT2D eigenvalue weighted by Gasteiger charge is 2.19. The van der Waals surface area contributed by atoms with Crippen LogP contribution in [0.3, 0.4) is 0 Å². The average molecular weight is 1590 g/mol. The summed E-state index contributed by atoms with van der Waals surface area (Å²) in [6.45, 7) is 27.9. The van der Waals surface area contributed by atoms with Gasteiger partial charge in [-0.2, -0.15) is 0 Å². The Balaban J connectivity index is 5.32. The van der Waals surface area contributed by atoms with Gasteiger partial charge in [-0.1, -0.05) is 351 Å². The molecule has 0 aromatic rings. The Morgan fingerprint density at radius 2 is 0.429 bits per heavy atom. The Hall–Kier alpha value is -2.32. The molecule has 1 N–H and O–H groups in total. The Bertz CT molecular complexity index is 1660. The normalized spacial score (nSPS) is 13.1. The fraction of sp³-hybridized carbons (Fsp3) is 0.960. The molecular weight excluding hydrogens is 1390 g/mol. The van der Waals surface area contributed by atoms with Crippen molar-refractivity contribution in [1.82, 2.24) is 10.2 Å². The van der Waals surface area contributed by atoms with Gasteiger partial charge in [-0.15, -0.1) is 0 Å². The molecule has 0 saturated heterocycles. The van der Waals surface area contributed by atoms with Gasteiger partial charge in [0, 0.05) is 51.5 Å². The first kappa shape index (κ1) is 110. The van der Waals surface area contributed by atoms with E-state index in [9.17, 15) is 19.2 Å². The van der Waals surface area contributed by atoms with E-state index < -0.39 is 0 Å². The van der Waals surface area contributed by atoms with Crippen molar-refractivity contribution in [2.75, 3.05) is 92.2 Å². The smallest absolute Gasteiger partial charge is 0.305 e. The summed E-state index contributed by atoms with van der Waals surface area (Å²) in [4.78, 5) is 54.7. The maximum absolute atomic E-state index is 13.0. The summed E-state index contributed by atoms with van der Waals surface area (Å²) in [5.41, 5.74) is 0. The van der Waals surface area contributed by atoms with Gasteiger partial charge in [0.15, 0.2) is 0 Å². The fourth-order valence-corrected chi connectivity index (χ4v) is 16.0. The summed E-state index contributed by atoms with van der Waals surface area (Å²) >= 11 is 0. The molecule has 0 heterocycles. The highest BCUT2D eigenvalue weighted by molar-refractivity contribution is 5.70. The van der Waals surface area contributed by atoms with Crippen molar-refractivity contribution in [1.29, 1.82) is 0 Å². The van der Waals surface area contributed by atoms with E-state index in [0.717, 1.165) is 129 Å². The van der Waals surface area contributed by atoms with Gasteiger partial charge in [-0.25, -0.2) is 0 Å². The van der Waals surface area contributed by atoms with Crippen molar-refractivity contribution in [3.8, 4) is 0 Å². The summed E-state index contributed by atoms with van der Waals surface area (Å²) in [5, 5.41) is 3.87. The van der Waals surface area contributed by atoms with Crippen LogP contribution < -0.4 is 5.32 Å². The number of hydrogen-bond acceptors (Lipinski definition) is 13. The molecule has 0 saturated carbocycles. The molecule has 0 aromatic carbocycles. The predicted octanol–water partition coefficient (Wildman–Crippen LogP) is 28.6. The molecule has 0 aliphatic heterocycles. The second-order valence-electron chi connectivity index (χ2n) is 34.7. The first-order valence-electron chi connectivity index (χ1n) is 49.9. The molecule has 4 unspecified atom stereocenters. The molecule has 0 radical (unpaired) electrons. The average Bonchev–Trinajstić information content (AvgIpc) is 1.00. The number of unbranched alkanes of at least 4 members (excludes halogenated alkanes) is 40. The van der Waals surface area contributed by atoms with E-state index >= 15 is 0 Å². The quantitative estimate of drug-likeness (QED) is 0.0350. The minimum absolute atomic E-state index is 0.0241. The molecule has 0 aromatic heterocycles. The molecule has 0 aliphatic carbocycles. The lowest BCUT2D eigenvalue weighted by molar-refractivity contribution is -0.146. The predicted molar refractivity (Wildman–Crippen MR) is 478 cm³/mol. The minimum Gasteiger partial charge on any atom is -0.465 e. The number of hydrogen-bond donors (Lipinski definition) is 1. The molecule has 13 nitrogen and oxygen atoms in total. The van der Waals surface area contributed by atoms with Gasteiger partial charge in [0.1, 0.15) is 0 Å². The monoisotopic (exact) mass is 1590 g/mol. The van der Waals surface area contributed by atoms with E-state index in [1.54, 1.807) is 0 Å². The third-order valence-electron chi connectivity index (χ3n) is 23.6. The molecule has 0 fully saturated rings. The van der Waals surface area contributed by atoms with Crippen LogP contribution in [0, 0.1) is 23.7 Å². The summed E-state index contributed by atoms with van der Waals surface area (Å²) < 4.78 is 41.9. The standard InChI is InChI=1S/C99H194N2O11/c1-9-17-25-33-37-49-67-91(63-45-29-21-13-5)87-109-96(102)73-55-41-53-71-95(72-54-42-56-74-97(103)110-88-92(64-46-30-22-14-6)68-50-38-34-26-18-10-2)100-77-61-81-106-83-85-108-86-84-107-82-62-80-101(78-59-43-57-75-98(104)111-89-93(65-47-31-23-15-7)69-51-39-35-27-19-11-3)79-60-44-58-76-99(105)112-90-94(66-48-32-24-16-8)70-52-40-36-28-20-12-4/h91-95,100H,9-90H2,1-8H3. The molecule has 112 heavy (non-hydrogen) atoms. The van der Waals surface area contributed by atoms with Crippen molar-refractivity contribution in [2.45, 2.75) is 498 Å². The van der Waals surface area contributed by atoms with E-state index in [2.05, 4.69) is 65.6 Å². The molecule has 13 heteroatoms. The highest BCUT2D eigenvalue weighted by Crippen LogP contribution is 2.26. The van der Waals surface area contributed by atoms with Crippen LogP contribution in [0.1, 0.15) is 492 Å². The van der Waals surface area contributed by atoms with Crippen molar-refractivity contribution in [3.05, 3.63) is 0 Å². The zero-order valence-electron chi connectivity index (χ0n) is 76.3. The number of carbonyl (C=O) groups excluding carboxylic acids is 4. The van der Waals surface area contributed by atoms with Crippen LogP contribution in [0.4, 0.5) is 0 Å². The van der Waals surface area contributed by atoms with Gasteiger partial charge in [0.05, 0.1) is 52.9 Å². The Kier molecular flexibility index (Phi) is 89.1. The Morgan fingerprint density at radius 3 is 0.705 bits per heavy atom. The molecule has 0 aliphatic rings. The number of esters is 4. The van der Waals surface area contributed by atoms with Gasteiger partial charge in [-0.3, -0.25) is 19.2 Å². The van der Waals surface area contributed by atoms with E-state index in [1.807, 2.05) is 0 Å². The van der Waals surface area contributed by atoms with Crippen LogP contribution in [0.5, 0.6) is 0 Å². The first-order chi connectivity index (χ1) is 55.1. The Labute approximate surface area is 696 Å². The van der Waals surface area contributed by atoms with Gasteiger partial charge in [0.25, 0.3) is 0 Å². The van der Waals surface area contributed by atoms with Gasteiger partial charge in [0.2, 0.25) is 0 Å². The number of carbonyl (C=O) groups is 4. The Morgan fingerprint density at radius 1 is 0.223 bits per heavy atom. The van der Waals surface area contributed by atoms with Gasteiger partial charge >= 0.3 is 23.9 Å². The molecular formula is C99H194N2O11. The molecule has 0 bridgehead atoms. The lowest BCUT2D eigenvalue weighted by Gasteiger charge is -2.22. The molecule has 0 amide bonds. The minimum atomic E-state index is -0.0276. The first-order valence-corrected chi connectivity index (χ1v) is 49.9. The second-order valence-corrected chi connectivity index (χ2v) is 34.7. The van der Waals surface area contributed by atoms with Crippen LogP contribution in [0.25, 0.3) is 0 Å². The second kappa shape index (κ2) is 91.0. The van der Waals surface area contributed by atoms with Crippen molar-refractivity contribution in [3.63, 3.8) is 0 Å². The molecule has 0 spiro atoms. The summed E-state index contributed by atoms with van der Waals surface area (Å²) in [6, 6.07) is 0.387. The van der Waals surface area contributed by atoms with Crippen molar-refractivity contribution in [2.24, 2.45) is 23.7 Å². The zero-order chi connectivity index (χ0) is 81.4. The SMILES string of the molecule is CCCCCCCCC(CCCCCC)COC(=O)CCCCCC(CCCCCC(=O)OCC(CCCCCC)CCCCCCCC)NCCCOCCOCCOCCCN(CCCCCC(=O)OCC(CCCCCC)CCCCCCCC)CCCCCC(=O)OCC(CCCCCC)CCCCCCCC. The van der Waals surface area contributed by atoms with Crippen molar-refractivity contribution < 1.29 is 52.3 Å².